The van der Waals surface area contributed by atoms with E-state index in [9.17, 15) is 5.11 Å². The van der Waals surface area contributed by atoms with Gasteiger partial charge in [0.1, 0.15) is 5.75 Å². The zero-order chi connectivity index (χ0) is 22.7. The topological polar surface area (TPSA) is 47.3 Å². The Balaban J connectivity index is 1.68. The molecule has 4 aromatic rings. The van der Waals surface area contributed by atoms with Crippen LogP contribution in [0.5, 0.6) is 5.75 Å². The Morgan fingerprint density at radius 3 is 2.31 bits per heavy atom. The van der Waals surface area contributed by atoms with E-state index in [1.807, 2.05) is 31.2 Å². The maximum absolute atomic E-state index is 10.2. The Labute approximate surface area is 207 Å². The fourth-order valence-corrected chi connectivity index (χ4v) is 5.00. The predicted octanol–water partition coefficient (Wildman–Crippen LogP) is 6.88. The van der Waals surface area contributed by atoms with E-state index in [1.165, 1.54) is 11.1 Å². The molecule has 0 atom stereocenters. The third-order valence-electron chi connectivity index (χ3n) is 5.28. The molecule has 0 aliphatic carbocycles. The number of aliphatic hydroxyl groups is 1. The lowest BCUT2D eigenvalue weighted by Crippen LogP contribution is -2.15. The quantitative estimate of drug-likeness (QED) is 0.146. The van der Waals surface area contributed by atoms with Gasteiger partial charge in [-0.25, -0.2) is 4.98 Å². The molecule has 0 amide bonds. The fraction of sp³-hybridized carbons (Fsp3) is 0.269. The molecule has 1 aromatic heterocycles. The number of aromatic nitrogens is 2. The van der Waals surface area contributed by atoms with Crippen LogP contribution in [-0.4, -0.2) is 21.3 Å². The number of nitrogens with zero attached hydrogens (tertiary/aromatic N) is 2. The highest BCUT2D eigenvalue weighted by Crippen LogP contribution is 2.32. The molecular weight excluding hydrogens is 531 g/mol. The van der Waals surface area contributed by atoms with Crippen molar-refractivity contribution < 1.29 is 9.84 Å². The van der Waals surface area contributed by atoms with E-state index in [4.69, 9.17) is 9.72 Å². The number of rotatable bonds is 8. The monoisotopic (exact) mass is 558 g/mol. The smallest absolute Gasteiger partial charge is 0.174 e. The maximum atomic E-state index is 10.2. The zero-order valence-corrected chi connectivity index (χ0v) is 21.5. The molecule has 0 radical (unpaired) electrons. The summed E-state index contributed by atoms with van der Waals surface area (Å²) in [5.41, 5.74) is 5.74. The number of hydrogen-bond donors (Lipinski definition) is 1. The molecule has 0 bridgehead atoms. The van der Waals surface area contributed by atoms with Gasteiger partial charge in [0, 0.05) is 15.9 Å². The van der Waals surface area contributed by atoms with Crippen molar-refractivity contribution in [3.05, 3.63) is 83.4 Å². The number of alkyl halides is 1. The van der Waals surface area contributed by atoms with Crippen LogP contribution in [0.2, 0.25) is 0 Å². The molecule has 0 fully saturated rings. The summed E-state index contributed by atoms with van der Waals surface area (Å²) in [4.78, 5) is 4.95. The van der Waals surface area contributed by atoms with Gasteiger partial charge >= 0.3 is 0 Å². The Morgan fingerprint density at radius 1 is 1.00 bits per heavy atom. The van der Waals surface area contributed by atoms with E-state index in [0.29, 0.717) is 6.61 Å². The lowest BCUT2D eigenvalue weighted by molar-refractivity contribution is 0.0786. The molecule has 1 N–H and O–H groups in total. The van der Waals surface area contributed by atoms with Crippen LogP contribution in [0.25, 0.3) is 16.7 Å². The van der Waals surface area contributed by atoms with Crippen LogP contribution in [0, 0.1) is 0 Å². The summed E-state index contributed by atoms with van der Waals surface area (Å²) in [5, 5.41) is 11.2. The van der Waals surface area contributed by atoms with Crippen LogP contribution in [0.1, 0.15) is 37.5 Å². The second-order valence-corrected chi connectivity index (χ2v) is 9.86. The van der Waals surface area contributed by atoms with Crippen LogP contribution in [0.3, 0.4) is 0 Å². The number of fused-ring (bicyclic) bond motifs is 1. The average Bonchev–Trinajstić information content (AvgIpc) is 3.15. The van der Waals surface area contributed by atoms with Crippen molar-refractivity contribution in [2.45, 2.75) is 41.7 Å². The molecule has 0 saturated heterocycles. The zero-order valence-electron chi connectivity index (χ0n) is 18.5. The van der Waals surface area contributed by atoms with Gasteiger partial charge in [0.05, 0.1) is 23.2 Å². The minimum Gasteiger partial charge on any atom is -0.494 e. The highest BCUT2D eigenvalue weighted by atomic mass is 127. The molecular formula is C26H27IN2O2S. The largest absolute Gasteiger partial charge is 0.494 e. The van der Waals surface area contributed by atoms with E-state index >= 15 is 0 Å². The van der Waals surface area contributed by atoms with Crippen molar-refractivity contribution in [2.75, 3.05) is 6.61 Å². The highest BCUT2D eigenvalue weighted by molar-refractivity contribution is 14.1. The summed E-state index contributed by atoms with van der Waals surface area (Å²) in [6.07, 6.45) is 0. The number of imidazole rings is 1. The minimum atomic E-state index is -0.830. The maximum Gasteiger partial charge on any atom is 0.174 e. The average molecular weight is 558 g/mol. The van der Waals surface area contributed by atoms with Gasteiger partial charge in [-0.3, -0.25) is 4.57 Å². The predicted molar refractivity (Wildman–Crippen MR) is 141 cm³/mol. The first-order valence-electron chi connectivity index (χ1n) is 10.6. The van der Waals surface area contributed by atoms with Crippen LogP contribution in [0.15, 0.2) is 71.9 Å². The van der Waals surface area contributed by atoms with Crippen LogP contribution >= 0.6 is 34.4 Å². The molecule has 0 aliphatic heterocycles. The summed E-state index contributed by atoms with van der Waals surface area (Å²) >= 11 is 4.11. The van der Waals surface area contributed by atoms with Gasteiger partial charge in [-0.1, -0.05) is 64.7 Å². The number of thioether (sulfide) groups is 1. The van der Waals surface area contributed by atoms with E-state index in [-0.39, 0.29) is 0 Å². The molecule has 4 nitrogen and oxygen atoms in total. The van der Waals surface area contributed by atoms with Gasteiger partial charge in [-0.05, 0) is 73.9 Å². The summed E-state index contributed by atoms with van der Waals surface area (Å²) in [6, 6.07) is 22.8. The molecule has 6 heteroatoms. The van der Waals surface area contributed by atoms with Crippen molar-refractivity contribution >= 4 is 45.4 Å². The van der Waals surface area contributed by atoms with Crippen LogP contribution in [-0.2, 0) is 15.8 Å². The summed E-state index contributed by atoms with van der Waals surface area (Å²) in [5.74, 6) is 1.67. The van der Waals surface area contributed by atoms with Gasteiger partial charge in [0.25, 0.3) is 0 Å². The number of hydrogen-bond acceptors (Lipinski definition) is 4. The molecule has 1 heterocycles. The Bertz CT molecular complexity index is 1200. The molecule has 0 saturated carbocycles. The van der Waals surface area contributed by atoms with Gasteiger partial charge in [-0.15, -0.1) is 0 Å². The first kappa shape index (κ1) is 23.1. The molecule has 3 aromatic carbocycles. The Morgan fingerprint density at radius 2 is 1.69 bits per heavy atom. The summed E-state index contributed by atoms with van der Waals surface area (Å²) in [6.45, 7) is 6.26. The summed E-state index contributed by atoms with van der Waals surface area (Å²) in [7, 11) is 0. The SMILES string of the molecule is CCOc1ccc(-n2c(SCc3ccc(C(C)(C)O)cc3)nc3ccc(CI)cc32)cc1. The third kappa shape index (κ3) is 5.13. The number of ether oxygens (including phenoxy) is 1. The fourth-order valence-electron chi connectivity index (χ4n) is 3.54. The Kier molecular flexibility index (Phi) is 7.12. The normalized spacial score (nSPS) is 11.8. The molecule has 0 spiro atoms. The third-order valence-corrected chi connectivity index (χ3v) is 7.17. The standard InChI is InChI=1S/C26H27IN2O2S/c1-4-31-22-12-10-21(11-13-22)29-24-15-19(16-27)7-14-23(24)28-25(29)32-17-18-5-8-20(9-6-18)26(2,3)30/h5-15,30H,4,16-17H2,1-3H3. The Hall–Kier alpha value is -2.03. The van der Waals surface area contributed by atoms with Crippen molar-refractivity contribution in [1.29, 1.82) is 0 Å². The number of halogens is 1. The second-order valence-electron chi connectivity index (χ2n) is 8.16. The first-order valence-corrected chi connectivity index (χ1v) is 13.2. The van der Waals surface area contributed by atoms with E-state index in [0.717, 1.165) is 43.4 Å². The second kappa shape index (κ2) is 9.85. The lowest BCUT2D eigenvalue weighted by Gasteiger charge is -2.17. The van der Waals surface area contributed by atoms with E-state index in [2.05, 4.69) is 69.6 Å². The van der Waals surface area contributed by atoms with Crippen molar-refractivity contribution in [2.24, 2.45) is 0 Å². The minimum absolute atomic E-state index is 0.653. The number of benzene rings is 3. The van der Waals surface area contributed by atoms with Crippen molar-refractivity contribution in [3.63, 3.8) is 0 Å². The van der Waals surface area contributed by atoms with Gasteiger partial charge in [0.2, 0.25) is 0 Å². The molecule has 166 valence electrons. The van der Waals surface area contributed by atoms with Crippen molar-refractivity contribution in [3.8, 4) is 11.4 Å². The van der Waals surface area contributed by atoms with Crippen LogP contribution in [0.4, 0.5) is 0 Å². The van der Waals surface area contributed by atoms with Gasteiger partial charge in [-0.2, -0.15) is 0 Å². The van der Waals surface area contributed by atoms with E-state index < -0.39 is 5.60 Å². The molecule has 0 unspecified atom stereocenters. The molecule has 0 aliphatic rings. The highest BCUT2D eigenvalue weighted by Gasteiger charge is 2.16. The summed E-state index contributed by atoms with van der Waals surface area (Å²) < 4.78 is 8.81. The van der Waals surface area contributed by atoms with Crippen molar-refractivity contribution in [1.82, 2.24) is 9.55 Å². The lowest BCUT2D eigenvalue weighted by atomic mass is 9.98. The first-order chi connectivity index (χ1) is 15.4. The van der Waals surface area contributed by atoms with Gasteiger partial charge in [0.15, 0.2) is 5.16 Å². The molecule has 32 heavy (non-hydrogen) atoms. The van der Waals surface area contributed by atoms with Gasteiger partial charge < -0.3 is 9.84 Å². The van der Waals surface area contributed by atoms with Crippen LogP contribution < -0.4 is 4.74 Å². The molecule has 4 rings (SSSR count). The van der Waals surface area contributed by atoms with E-state index in [1.54, 1.807) is 25.6 Å².